The molecule has 0 aromatic heterocycles. The summed E-state index contributed by atoms with van der Waals surface area (Å²) >= 11 is 0. The maximum atomic E-state index is 11.6. The Bertz CT molecular complexity index is 605. The number of ether oxygens (including phenoxy) is 2. The monoisotopic (exact) mass is 361 g/mol. The average Bonchev–Trinajstić information content (AvgIpc) is 2.58. The van der Waals surface area contributed by atoms with Crippen LogP contribution in [0.1, 0.15) is 45.6 Å². The van der Waals surface area contributed by atoms with E-state index in [2.05, 4.69) is 10.6 Å². The van der Waals surface area contributed by atoms with Gasteiger partial charge in [0.15, 0.2) is 0 Å². The first-order valence-corrected chi connectivity index (χ1v) is 8.64. The molecule has 0 saturated carbocycles. The van der Waals surface area contributed by atoms with Crippen LogP contribution in [0.25, 0.3) is 0 Å². The second-order valence-electron chi connectivity index (χ2n) is 6.81. The molecule has 1 atom stereocenters. The summed E-state index contributed by atoms with van der Waals surface area (Å²) in [6, 6.07) is 10.8. The Morgan fingerprint density at radius 2 is 1.85 bits per heavy atom. The summed E-state index contributed by atoms with van der Waals surface area (Å²) in [6.07, 6.45) is 0.752. The van der Waals surface area contributed by atoms with Gasteiger partial charge in [-0.2, -0.15) is 5.26 Å². The molecule has 0 aliphatic carbocycles. The molecule has 0 radical (unpaired) electrons. The summed E-state index contributed by atoms with van der Waals surface area (Å²) in [7, 11) is 0. The summed E-state index contributed by atoms with van der Waals surface area (Å²) in [5.41, 5.74) is 0.321. The van der Waals surface area contributed by atoms with Crippen LogP contribution in [0.2, 0.25) is 0 Å². The predicted molar refractivity (Wildman–Crippen MR) is 97.3 cm³/mol. The predicted octanol–water partition coefficient (Wildman–Crippen LogP) is 3.50. The minimum Gasteiger partial charge on any atom is -0.445 e. The van der Waals surface area contributed by atoms with Crippen molar-refractivity contribution < 1.29 is 19.1 Å². The van der Waals surface area contributed by atoms with Crippen molar-refractivity contribution in [2.45, 2.75) is 58.3 Å². The second-order valence-corrected chi connectivity index (χ2v) is 6.81. The third-order valence-corrected chi connectivity index (χ3v) is 3.25. The number of carbonyl (C=O) groups is 2. The normalized spacial score (nSPS) is 11.8. The second kappa shape index (κ2) is 11.0. The summed E-state index contributed by atoms with van der Waals surface area (Å²) in [6.45, 7) is 5.95. The molecule has 0 aliphatic rings. The van der Waals surface area contributed by atoms with E-state index in [-0.39, 0.29) is 6.61 Å². The molecule has 0 spiro atoms. The molecular formula is C19H27N3O4. The minimum absolute atomic E-state index is 0.225. The topological polar surface area (TPSA) is 100 Å². The zero-order valence-corrected chi connectivity index (χ0v) is 15.6. The molecule has 2 N–H and O–H groups in total. The number of nitriles is 1. The van der Waals surface area contributed by atoms with Crippen LogP contribution in [0.15, 0.2) is 30.3 Å². The molecule has 2 amide bonds. The molecule has 142 valence electrons. The van der Waals surface area contributed by atoms with Crippen LogP contribution in [0.3, 0.4) is 0 Å². The highest BCUT2D eigenvalue weighted by Crippen LogP contribution is 2.08. The molecule has 1 rings (SSSR count). The highest BCUT2D eigenvalue weighted by molar-refractivity contribution is 5.68. The Balaban J connectivity index is 2.13. The van der Waals surface area contributed by atoms with Crippen LogP contribution in [-0.4, -0.2) is 30.4 Å². The highest BCUT2D eigenvalue weighted by Gasteiger charge is 2.19. The lowest BCUT2D eigenvalue weighted by atomic mass is 10.1. The zero-order valence-electron chi connectivity index (χ0n) is 15.6. The van der Waals surface area contributed by atoms with E-state index in [1.807, 2.05) is 36.4 Å². The van der Waals surface area contributed by atoms with Crippen LogP contribution in [0.5, 0.6) is 0 Å². The number of benzene rings is 1. The molecule has 0 saturated heterocycles. The van der Waals surface area contributed by atoms with Crippen LogP contribution >= 0.6 is 0 Å². The summed E-state index contributed by atoms with van der Waals surface area (Å²) in [5, 5.41) is 14.3. The number of rotatable bonds is 8. The van der Waals surface area contributed by atoms with Gasteiger partial charge in [0, 0.05) is 6.54 Å². The van der Waals surface area contributed by atoms with Gasteiger partial charge in [-0.25, -0.2) is 9.59 Å². The highest BCUT2D eigenvalue weighted by atomic mass is 16.6. The largest absolute Gasteiger partial charge is 0.445 e. The molecule has 26 heavy (non-hydrogen) atoms. The van der Waals surface area contributed by atoms with Crippen molar-refractivity contribution in [3.8, 4) is 6.07 Å². The Morgan fingerprint density at radius 3 is 2.46 bits per heavy atom. The van der Waals surface area contributed by atoms with Crippen molar-refractivity contribution in [1.29, 1.82) is 5.26 Å². The Morgan fingerprint density at radius 1 is 1.15 bits per heavy atom. The van der Waals surface area contributed by atoms with E-state index < -0.39 is 23.8 Å². The molecule has 1 aromatic rings. The van der Waals surface area contributed by atoms with Crippen molar-refractivity contribution in [3.05, 3.63) is 35.9 Å². The lowest BCUT2D eigenvalue weighted by Gasteiger charge is -2.21. The number of amides is 2. The number of unbranched alkanes of at least 4 members (excludes halogenated alkanes) is 1. The number of hydrogen-bond acceptors (Lipinski definition) is 5. The lowest BCUT2D eigenvalue weighted by molar-refractivity contribution is 0.0513. The molecule has 0 bridgehead atoms. The first kappa shape index (κ1) is 21.3. The van der Waals surface area contributed by atoms with Gasteiger partial charge < -0.3 is 20.1 Å². The first-order chi connectivity index (χ1) is 12.3. The van der Waals surface area contributed by atoms with Gasteiger partial charge in [-0.1, -0.05) is 30.3 Å². The molecular weight excluding hydrogens is 334 g/mol. The van der Waals surface area contributed by atoms with E-state index in [1.165, 1.54) is 0 Å². The smallest absolute Gasteiger partial charge is 0.408 e. The Labute approximate surface area is 154 Å². The van der Waals surface area contributed by atoms with Gasteiger partial charge in [-0.3, -0.25) is 0 Å². The van der Waals surface area contributed by atoms with Gasteiger partial charge in [-0.15, -0.1) is 0 Å². The fourth-order valence-corrected chi connectivity index (χ4v) is 2.06. The number of alkyl carbamates (subject to hydrolysis) is 2. The van der Waals surface area contributed by atoms with E-state index in [0.29, 0.717) is 25.8 Å². The quantitative estimate of drug-likeness (QED) is 0.690. The van der Waals surface area contributed by atoms with Crippen molar-refractivity contribution in [1.82, 2.24) is 10.6 Å². The number of hydrogen-bond donors (Lipinski definition) is 2. The third kappa shape index (κ3) is 10.2. The summed E-state index contributed by atoms with van der Waals surface area (Å²) in [5.74, 6) is 0. The summed E-state index contributed by atoms with van der Waals surface area (Å²) in [4.78, 5) is 23.2. The maximum absolute atomic E-state index is 11.6. The van der Waals surface area contributed by atoms with Gasteiger partial charge in [0.25, 0.3) is 0 Å². The van der Waals surface area contributed by atoms with Crippen LogP contribution in [0.4, 0.5) is 9.59 Å². The maximum Gasteiger partial charge on any atom is 0.408 e. The SMILES string of the molecule is CC(C)(C)OC(=O)N[C@H](C#N)CCCCNC(=O)OCc1ccccc1. The zero-order chi connectivity index (χ0) is 19.4. The molecule has 0 heterocycles. The van der Waals surface area contributed by atoms with E-state index in [0.717, 1.165) is 5.56 Å². The van der Waals surface area contributed by atoms with Crippen LogP contribution < -0.4 is 10.6 Å². The fourth-order valence-electron chi connectivity index (χ4n) is 2.06. The van der Waals surface area contributed by atoms with Crippen LogP contribution in [-0.2, 0) is 16.1 Å². The lowest BCUT2D eigenvalue weighted by Crippen LogP contribution is -2.38. The third-order valence-electron chi connectivity index (χ3n) is 3.25. The van der Waals surface area contributed by atoms with Crippen molar-refractivity contribution in [2.75, 3.05) is 6.54 Å². The van der Waals surface area contributed by atoms with E-state index >= 15 is 0 Å². The number of carbonyl (C=O) groups excluding carboxylic acids is 2. The van der Waals surface area contributed by atoms with Crippen LogP contribution in [0, 0.1) is 11.3 Å². The molecule has 0 unspecified atom stereocenters. The number of nitrogens with one attached hydrogen (secondary N) is 2. The van der Waals surface area contributed by atoms with Gasteiger partial charge in [0.1, 0.15) is 18.2 Å². The molecule has 7 nitrogen and oxygen atoms in total. The van der Waals surface area contributed by atoms with E-state index in [9.17, 15) is 9.59 Å². The van der Waals surface area contributed by atoms with Gasteiger partial charge in [0.05, 0.1) is 6.07 Å². The standard InChI is InChI=1S/C19H27N3O4/c1-19(2,3)26-18(24)22-16(13-20)11-7-8-12-21-17(23)25-14-15-9-5-4-6-10-15/h4-6,9-10,16H,7-8,11-12,14H2,1-3H3,(H,21,23)(H,22,24)/t16-/m0/s1. The van der Waals surface area contributed by atoms with E-state index in [1.54, 1.807) is 20.8 Å². The number of nitrogens with zero attached hydrogens (tertiary/aromatic N) is 1. The van der Waals surface area contributed by atoms with Crippen molar-refractivity contribution >= 4 is 12.2 Å². The molecule has 0 fully saturated rings. The first-order valence-electron chi connectivity index (χ1n) is 8.64. The van der Waals surface area contributed by atoms with Gasteiger partial charge >= 0.3 is 12.2 Å². The molecule has 1 aromatic carbocycles. The minimum atomic E-state index is -0.616. The summed E-state index contributed by atoms with van der Waals surface area (Å²) < 4.78 is 10.2. The van der Waals surface area contributed by atoms with E-state index in [4.69, 9.17) is 14.7 Å². The fraction of sp³-hybridized carbons (Fsp3) is 0.526. The van der Waals surface area contributed by atoms with Crippen molar-refractivity contribution in [3.63, 3.8) is 0 Å². The Kier molecular flexibility index (Phi) is 8.99. The van der Waals surface area contributed by atoms with Gasteiger partial charge in [-0.05, 0) is 45.6 Å². The van der Waals surface area contributed by atoms with Gasteiger partial charge in [0.2, 0.25) is 0 Å². The molecule has 0 aliphatic heterocycles. The molecule has 7 heteroatoms. The Hall–Kier alpha value is -2.75. The van der Waals surface area contributed by atoms with Crippen molar-refractivity contribution in [2.24, 2.45) is 0 Å². The average molecular weight is 361 g/mol.